The van der Waals surface area contributed by atoms with Crippen molar-refractivity contribution in [3.8, 4) is 0 Å². The Labute approximate surface area is 82.0 Å². The van der Waals surface area contributed by atoms with Gasteiger partial charge in [-0.15, -0.1) is 0 Å². The molecule has 0 aromatic carbocycles. The van der Waals surface area contributed by atoms with Crippen LogP contribution in [0.15, 0.2) is 0 Å². The summed E-state index contributed by atoms with van der Waals surface area (Å²) in [6, 6.07) is 0. The molecule has 0 aliphatic carbocycles. The van der Waals surface area contributed by atoms with Crippen molar-refractivity contribution in [2.75, 3.05) is 0 Å². The zero-order chi connectivity index (χ0) is 12.3. The fraction of sp³-hybridized carbons (Fsp3) is 1.00. The highest BCUT2D eigenvalue weighted by atomic mass is 32.3. The first-order valence-corrected chi connectivity index (χ1v) is 4.87. The lowest BCUT2D eigenvalue weighted by Gasteiger charge is -2.16. The van der Waals surface area contributed by atoms with Crippen LogP contribution in [-0.4, -0.2) is 31.7 Å². The van der Waals surface area contributed by atoms with E-state index < -0.39 is 41.9 Å². The molecule has 15 heavy (non-hydrogen) atoms. The number of alkyl halides is 5. The Morgan fingerprint density at radius 3 is 2.00 bits per heavy atom. The third kappa shape index (κ3) is 9.82. The summed E-state index contributed by atoms with van der Waals surface area (Å²) in [5, 5.41) is 0. The van der Waals surface area contributed by atoms with Gasteiger partial charge < -0.3 is 0 Å². The van der Waals surface area contributed by atoms with Crippen LogP contribution in [0.5, 0.6) is 0 Å². The summed E-state index contributed by atoms with van der Waals surface area (Å²) in [7, 11) is -5.17. The van der Waals surface area contributed by atoms with E-state index in [4.69, 9.17) is 4.55 Å². The predicted octanol–water partition coefficient (Wildman–Crippen LogP) is 1.78. The Balaban J connectivity index is 4.46. The predicted molar refractivity (Wildman–Crippen MR) is 37.7 cm³/mol. The molecule has 0 radical (unpaired) electrons. The summed E-state index contributed by atoms with van der Waals surface area (Å²) in [5.74, 6) is 0. The van der Waals surface area contributed by atoms with Gasteiger partial charge in [-0.2, -0.15) is 21.6 Å². The fourth-order valence-electron chi connectivity index (χ4n) is 0.785. The normalized spacial score (nSPS) is 15.7. The van der Waals surface area contributed by atoms with Crippen molar-refractivity contribution in [2.24, 2.45) is 0 Å². The SMILES string of the molecule is O=S(=O)(O)OC(CC(F)F)CC(F)(F)F. The van der Waals surface area contributed by atoms with Crippen LogP contribution in [0.2, 0.25) is 0 Å². The van der Waals surface area contributed by atoms with Crippen LogP contribution >= 0.6 is 0 Å². The van der Waals surface area contributed by atoms with Crippen LogP contribution in [-0.2, 0) is 14.6 Å². The Bertz CT molecular complexity index is 284. The van der Waals surface area contributed by atoms with E-state index in [2.05, 4.69) is 4.18 Å². The summed E-state index contributed by atoms with van der Waals surface area (Å²) in [4.78, 5) is 0. The lowest BCUT2D eigenvalue weighted by Crippen LogP contribution is -2.27. The van der Waals surface area contributed by atoms with Gasteiger partial charge in [0, 0.05) is 6.42 Å². The molecule has 0 spiro atoms. The Morgan fingerprint density at radius 1 is 1.27 bits per heavy atom. The average molecular weight is 258 g/mol. The summed E-state index contributed by atoms with van der Waals surface area (Å²) in [6.07, 6.45) is -13.7. The molecule has 0 aromatic heterocycles. The lowest BCUT2D eigenvalue weighted by atomic mass is 10.2. The average Bonchev–Trinajstić information content (AvgIpc) is 1.73. The minimum atomic E-state index is -5.17. The molecule has 0 rings (SSSR count). The van der Waals surface area contributed by atoms with Crippen molar-refractivity contribution in [2.45, 2.75) is 31.5 Å². The molecule has 0 aliphatic heterocycles. The first-order valence-electron chi connectivity index (χ1n) is 3.50. The summed E-state index contributed by atoms with van der Waals surface area (Å²) >= 11 is 0. The van der Waals surface area contributed by atoms with Crippen molar-refractivity contribution in [3.05, 3.63) is 0 Å². The summed E-state index contributed by atoms with van der Waals surface area (Å²) < 4.78 is 90.2. The van der Waals surface area contributed by atoms with Gasteiger partial charge in [0.05, 0.1) is 12.5 Å². The lowest BCUT2D eigenvalue weighted by molar-refractivity contribution is -0.153. The maximum absolute atomic E-state index is 11.7. The molecule has 10 heteroatoms. The van der Waals surface area contributed by atoms with Gasteiger partial charge in [-0.25, -0.2) is 13.0 Å². The number of rotatable bonds is 5. The molecule has 0 saturated heterocycles. The van der Waals surface area contributed by atoms with Gasteiger partial charge in [0.2, 0.25) is 6.43 Å². The molecular formula is C5H7F5O4S. The Hall–Kier alpha value is -0.480. The van der Waals surface area contributed by atoms with Crippen LogP contribution in [0.3, 0.4) is 0 Å². The van der Waals surface area contributed by atoms with Crippen molar-refractivity contribution < 1.29 is 39.1 Å². The molecule has 0 saturated carbocycles. The van der Waals surface area contributed by atoms with Crippen LogP contribution < -0.4 is 0 Å². The second-order valence-corrected chi connectivity index (χ2v) is 3.64. The van der Waals surface area contributed by atoms with Crippen LogP contribution in [0.25, 0.3) is 0 Å². The Kier molecular flexibility index (Phi) is 4.87. The standard InChI is InChI=1S/C5H7F5O4S/c6-4(7)1-3(2-5(8,9)10)14-15(11,12)13/h3-4H,1-2H2,(H,11,12,13). The zero-order valence-corrected chi connectivity index (χ0v) is 7.86. The van der Waals surface area contributed by atoms with E-state index in [0.29, 0.717) is 0 Å². The maximum Gasteiger partial charge on any atom is 0.397 e. The molecule has 0 aliphatic rings. The molecule has 0 amide bonds. The molecule has 1 N–H and O–H groups in total. The molecule has 0 bridgehead atoms. The summed E-state index contributed by atoms with van der Waals surface area (Å²) in [6.45, 7) is 0. The first kappa shape index (κ1) is 14.5. The van der Waals surface area contributed by atoms with Gasteiger partial charge in [0.15, 0.2) is 0 Å². The third-order valence-corrected chi connectivity index (χ3v) is 1.67. The monoisotopic (exact) mass is 258 g/mol. The Morgan fingerprint density at radius 2 is 1.73 bits per heavy atom. The molecule has 0 aromatic rings. The second kappa shape index (κ2) is 5.03. The highest BCUT2D eigenvalue weighted by molar-refractivity contribution is 7.80. The van der Waals surface area contributed by atoms with Gasteiger partial charge >= 0.3 is 16.6 Å². The smallest absolute Gasteiger partial charge is 0.264 e. The van der Waals surface area contributed by atoms with Gasteiger partial charge in [-0.1, -0.05) is 0 Å². The quantitative estimate of drug-likeness (QED) is 0.603. The van der Waals surface area contributed by atoms with Crippen LogP contribution in [0.1, 0.15) is 12.8 Å². The molecule has 0 heterocycles. The molecule has 92 valence electrons. The van der Waals surface area contributed by atoms with Gasteiger partial charge in [0.25, 0.3) is 0 Å². The van der Waals surface area contributed by atoms with E-state index >= 15 is 0 Å². The van der Waals surface area contributed by atoms with Gasteiger partial charge in [0.1, 0.15) is 0 Å². The molecule has 1 atom stereocenters. The third-order valence-electron chi connectivity index (χ3n) is 1.16. The van der Waals surface area contributed by atoms with E-state index in [1.807, 2.05) is 0 Å². The van der Waals surface area contributed by atoms with E-state index in [1.54, 1.807) is 0 Å². The van der Waals surface area contributed by atoms with E-state index in [-0.39, 0.29) is 0 Å². The van der Waals surface area contributed by atoms with E-state index in [9.17, 15) is 30.4 Å². The summed E-state index contributed by atoms with van der Waals surface area (Å²) in [5.41, 5.74) is 0. The number of halogens is 5. The number of hydrogen-bond donors (Lipinski definition) is 1. The second-order valence-electron chi connectivity index (χ2n) is 2.59. The van der Waals surface area contributed by atoms with E-state index in [1.165, 1.54) is 0 Å². The minimum absolute atomic E-state index is 1.43. The van der Waals surface area contributed by atoms with Gasteiger partial charge in [-0.3, -0.25) is 4.55 Å². The highest BCUT2D eigenvalue weighted by Crippen LogP contribution is 2.26. The molecule has 4 nitrogen and oxygen atoms in total. The zero-order valence-electron chi connectivity index (χ0n) is 7.04. The van der Waals surface area contributed by atoms with E-state index in [0.717, 1.165) is 0 Å². The number of hydrogen-bond acceptors (Lipinski definition) is 3. The van der Waals surface area contributed by atoms with Crippen molar-refractivity contribution >= 4 is 10.4 Å². The topological polar surface area (TPSA) is 63.6 Å². The minimum Gasteiger partial charge on any atom is -0.264 e. The molecular weight excluding hydrogens is 251 g/mol. The highest BCUT2D eigenvalue weighted by Gasteiger charge is 2.35. The largest absolute Gasteiger partial charge is 0.397 e. The van der Waals surface area contributed by atoms with Crippen LogP contribution in [0.4, 0.5) is 22.0 Å². The van der Waals surface area contributed by atoms with Crippen molar-refractivity contribution in [1.82, 2.24) is 0 Å². The van der Waals surface area contributed by atoms with Crippen molar-refractivity contribution in [3.63, 3.8) is 0 Å². The molecule has 1 unspecified atom stereocenters. The first-order chi connectivity index (χ1) is 6.49. The maximum atomic E-state index is 11.7. The van der Waals surface area contributed by atoms with Gasteiger partial charge in [-0.05, 0) is 0 Å². The molecule has 0 fully saturated rings. The fourth-order valence-corrected chi connectivity index (χ4v) is 1.28. The van der Waals surface area contributed by atoms with Crippen LogP contribution in [0, 0.1) is 0 Å². The van der Waals surface area contributed by atoms with Crippen molar-refractivity contribution in [1.29, 1.82) is 0 Å².